The van der Waals surface area contributed by atoms with Crippen LogP contribution in [0.1, 0.15) is 34.6 Å². The molecule has 5 amide bonds. The van der Waals surface area contributed by atoms with Crippen LogP contribution in [0.4, 0.5) is 4.79 Å². The van der Waals surface area contributed by atoms with Gasteiger partial charge >= 0.3 is 6.09 Å². The van der Waals surface area contributed by atoms with Gasteiger partial charge in [-0.25, -0.2) is 4.79 Å². The van der Waals surface area contributed by atoms with Gasteiger partial charge in [0.25, 0.3) is 11.8 Å². The summed E-state index contributed by atoms with van der Waals surface area (Å²) in [6, 6.07) is -1.17. The molecule has 0 aliphatic carbocycles. The fourth-order valence-electron chi connectivity index (χ4n) is 2.11. The third-order valence-corrected chi connectivity index (χ3v) is 4.49. The highest BCUT2D eigenvalue weighted by Crippen LogP contribution is 2.24. The number of hydrogen-bond donors (Lipinski definition) is 3. The molecular weight excluding hydrogens is 400 g/mol. The van der Waals surface area contributed by atoms with Crippen LogP contribution in [0.5, 0.6) is 0 Å². The van der Waals surface area contributed by atoms with Crippen LogP contribution in [0, 0.1) is 0 Å². The summed E-state index contributed by atoms with van der Waals surface area (Å²) in [4.78, 5) is 61.0. The molecule has 0 bridgehead atoms. The van der Waals surface area contributed by atoms with Crippen LogP contribution in [0.2, 0.25) is 0 Å². The number of rotatable bonds is 8. The molecule has 1 aliphatic rings. The number of likely N-dealkylation sites (N-methyl/N-ethyl adjacent to an activating group) is 1. The van der Waals surface area contributed by atoms with Crippen LogP contribution in [0.25, 0.3) is 0 Å². The Balaban J connectivity index is 2.77. The van der Waals surface area contributed by atoms with E-state index in [9.17, 15) is 24.0 Å². The molecule has 1 aliphatic heterocycles. The number of nitrogens with zero attached hydrogens (tertiary/aromatic N) is 1. The van der Waals surface area contributed by atoms with Crippen molar-refractivity contribution < 1.29 is 28.7 Å². The molecule has 0 fully saturated rings. The standard InChI is InChI=1S/C18H28N4O6S/c1-10(2)20-13(23)8-19-15(25)11(21-17(27)28-18(3,4)5)9-29-12-7-14(24)22(6)16(12)26/h7,10-11H,8-9H2,1-6H3,(H,19,25)(H,20,23)(H,21,27). The van der Waals surface area contributed by atoms with Gasteiger partial charge in [0, 0.05) is 24.9 Å². The summed E-state index contributed by atoms with van der Waals surface area (Å²) in [5, 5.41) is 7.51. The molecule has 1 atom stereocenters. The van der Waals surface area contributed by atoms with Gasteiger partial charge in [-0.3, -0.25) is 24.1 Å². The van der Waals surface area contributed by atoms with E-state index in [1.807, 2.05) is 0 Å². The topological polar surface area (TPSA) is 134 Å². The third kappa shape index (κ3) is 8.55. The van der Waals surface area contributed by atoms with Gasteiger partial charge in [-0.15, -0.1) is 11.8 Å². The number of thioether (sulfide) groups is 1. The monoisotopic (exact) mass is 428 g/mol. The Morgan fingerprint density at radius 2 is 1.79 bits per heavy atom. The summed E-state index contributed by atoms with van der Waals surface area (Å²) in [6.07, 6.45) is 0.357. The highest BCUT2D eigenvalue weighted by Gasteiger charge is 2.31. The van der Waals surface area contributed by atoms with Crippen molar-refractivity contribution in [1.82, 2.24) is 20.9 Å². The maximum Gasteiger partial charge on any atom is 0.408 e. The molecule has 1 rings (SSSR count). The molecule has 1 unspecified atom stereocenters. The van der Waals surface area contributed by atoms with E-state index in [2.05, 4.69) is 16.0 Å². The molecule has 0 spiro atoms. The average molecular weight is 429 g/mol. The normalized spacial score (nSPS) is 15.1. The zero-order chi connectivity index (χ0) is 22.4. The SMILES string of the molecule is CC(C)NC(=O)CNC(=O)C(CSC1=CC(=O)N(C)C1=O)NC(=O)OC(C)(C)C. The van der Waals surface area contributed by atoms with Crippen molar-refractivity contribution in [2.45, 2.75) is 52.3 Å². The molecule has 1 heterocycles. The van der Waals surface area contributed by atoms with E-state index < -0.39 is 35.5 Å². The third-order valence-electron chi connectivity index (χ3n) is 3.39. The van der Waals surface area contributed by atoms with Crippen LogP contribution in [0.15, 0.2) is 11.0 Å². The van der Waals surface area contributed by atoms with E-state index in [4.69, 9.17) is 4.74 Å². The highest BCUT2D eigenvalue weighted by molar-refractivity contribution is 8.04. The Morgan fingerprint density at radius 1 is 1.17 bits per heavy atom. The Kier molecular flexibility index (Phi) is 8.68. The number of carbonyl (C=O) groups is 5. The van der Waals surface area contributed by atoms with E-state index in [1.165, 1.54) is 13.1 Å². The Morgan fingerprint density at radius 3 is 2.28 bits per heavy atom. The molecular formula is C18H28N4O6S. The molecule has 0 aromatic carbocycles. The molecule has 0 aromatic rings. The van der Waals surface area contributed by atoms with Crippen LogP contribution in [0.3, 0.4) is 0 Å². The summed E-state index contributed by atoms with van der Waals surface area (Å²) < 4.78 is 5.16. The minimum Gasteiger partial charge on any atom is -0.444 e. The van der Waals surface area contributed by atoms with E-state index in [0.717, 1.165) is 16.7 Å². The van der Waals surface area contributed by atoms with Gasteiger partial charge in [0.2, 0.25) is 11.8 Å². The van der Waals surface area contributed by atoms with Crippen LogP contribution in [-0.4, -0.2) is 71.7 Å². The summed E-state index contributed by atoms with van der Waals surface area (Å²) in [5.74, 6) is -1.96. The second-order valence-electron chi connectivity index (χ2n) is 7.66. The lowest BCUT2D eigenvalue weighted by Crippen LogP contribution is -2.51. The molecule has 3 N–H and O–H groups in total. The number of ether oxygens (including phenoxy) is 1. The van der Waals surface area contributed by atoms with Crippen molar-refractivity contribution >= 4 is 41.5 Å². The average Bonchev–Trinajstić information content (AvgIpc) is 2.81. The Bertz CT molecular complexity index is 714. The van der Waals surface area contributed by atoms with Crippen LogP contribution < -0.4 is 16.0 Å². The van der Waals surface area contributed by atoms with Gasteiger partial charge in [-0.2, -0.15) is 0 Å². The van der Waals surface area contributed by atoms with Crippen molar-refractivity contribution in [2.75, 3.05) is 19.3 Å². The van der Waals surface area contributed by atoms with Crippen molar-refractivity contribution in [3.05, 3.63) is 11.0 Å². The van der Waals surface area contributed by atoms with E-state index in [1.54, 1.807) is 34.6 Å². The second kappa shape index (κ2) is 10.3. The maximum atomic E-state index is 12.5. The largest absolute Gasteiger partial charge is 0.444 e. The first-order chi connectivity index (χ1) is 13.3. The summed E-state index contributed by atoms with van der Waals surface area (Å²) in [6.45, 7) is 8.33. The van der Waals surface area contributed by atoms with Crippen molar-refractivity contribution in [2.24, 2.45) is 0 Å². The fourth-order valence-corrected chi connectivity index (χ4v) is 3.13. The minimum atomic E-state index is -1.09. The lowest BCUT2D eigenvalue weighted by molar-refractivity contribution is -0.135. The summed E-state index contributed by atoms with van der Waals surface area (Å²) in [7, 11) is 1.35. The lowest BCUT2D eigenvalue weighted by atomic mass is 10.2. The van der Waals surface area contributed by atoms with Gasteiger partial charge in [-0.1, -0.05) is 0 Å². The minimum absolute atomic E-state index is 0.0322. The number of carbonyl (C=O) groups excluding carboxylic acids is 5. The molecule has 0 saturated carbocycles. The molecule has 10 nitrogen and oxygen atoms in total. The van der Waals surface area contributed by atoms with Crippen molar-refractivity contribution in [3.8, 4) is 0 Å². The van der Waals surface area contributed by atoms with Gasteiger partial charge < -0.3 is 20.7 Å². The fraction of sp³-hybridized carbons (Fsp3) is 0.611. The van der Waals surface area contributed by atoms with E-state index in [-0.39, 0.29) is 29.2 Å². The summed E-state index contributed by atoms with van der Waals surface area (Å²) in [5.41, 5.74) is -0.769. The zero-order valence-corrected chi connectivity index (χ0v) is 18.3. The van der Waals surface area contributed by atoms with Crippen molar-refractivity contribution in [1.29, 1.82) is 0 Å². The van der Waals surface area contributed by atoms with Gasteiger partial charge in [0.05, 0.1) is 11.4 Å². The second-order valence-corrected chi connectivity index (χ2v) is 8.72. The van der Waals surface area contributed by atoms with Gasteiger partial charge in [-0.05, 0) is 34.6 Å². The number of nitrogens with one attached hydrogen (secondary N) is 3. The smallest absolute Gasteiger partial charge is 0.408 e. The zero-order valence-electron chi connectivity index (χ0n) is 17.5. The first-order valence-electron chi connectivity index (χ1n) is 9.03. The Hall–Kier alpha value is -2.56. The lowest BCUT2D eigenvalue weighted by Gasteiger charge is -2.23. The predicted octanol–water partition coefficient (Wildman–Crippen LogP) is 0.136. The Labute approximate surface area is 174 Å². The molecule has 0 aromatic heterocycles. The summed E-state index contributed by atoms with van der Waals surface area (Å²) >= 11 is 0.958. The number of amides is 5. The molecule has 29 heavy (non-hydrogen) atoms. The van der Waals surface area contributed by atoms with Crippen molar-refractivity contribution in [3.63, 3.8) is 0 Å². The number of hydrogen-bond acceptors (Lipinski definition) is 7. The number of alkyl carbamates (subject to hydrolysis) is 1. The molecule has 0 saturated heterocycles. The highest BCUT2D eigenvalue weighted by atomic mass is 32.2. The quantitative estimate of drug-likeness (QED) is 0.468. The predicted molar refractivity (Wildman–Crippen MR) is 108 cm³/mol. The van der Waals surface area contributed by atoms with Gasteiger partial charge in [0.15, 0.2) is 0 Å². The molecule has 162 valence electrons. The van der Waals surface area contributed by atoms with E-state index >= 15 is 0 Å². The first kappa shape index (κ1) is 24.5. The molecule has 0 radical (unpaired) electrons. The number of imide groups is 1. The van der Waals surface area contributed by atoms with Crippen LogP contribution >= 0.6 is 11.8 Å². The molecule has 11 heteroatoms. The maximum absolute atomic E-state index is 12.5. The van der Waals surface area contributed by atoms with E-state index in [0.29, 0.717) is 0 Å². The van der Waals surface area contributed by atoms with Gasteiger partial charge in [0.1, 0.15) is 11.6 Å². The first-order valence-corrected chi connectivity index (χ1v) is 10.0. The van der Waals surface area contributed by atoms with Crippen LogP contribution in [-0.2, 0) is 23.9 Å².